The van der Waals surface area contributed by atoms with Crippen LogP contribution in [0.2, 0.25) is 19.6 Å². The minimum absolute atomic E-state index is 0.627. The summed E-state index contributed by atoms with van der Waals surface area (Å²) >= 11 is 0. The van der Waals surface area contributed by atoms with Crippen LogP contribution in [0.15, 0.2) is 30.6 Å². The van der Waals surface area contributed by atoms with Crippen LogP contribution in [0.5, 0.6) is 0 Å². The van der Waals surface area contributed by atoms with Gasteiger partial charge in [-0.25, -0.2) is 4.68 Å². The molecular formula is C13H16N4Si. The fourth-order valence-corrected chi connectivity index (χ4v) is 1.85. The lowest BCUT2D eigenvalue weighted by Crippen LogP contribution is -2.16. The summed E-state index contributed by atoms with van der Waals surface area (Å²) < 4.78 is 1.76. The lowest BCUT2D eigenvalue weighted by atomic mass is 10.3. The van der Waals surface area contributed by atoms with E-state index in [-0.39, 0.29) is 0 Å². The summed E-state index contributed by atoms with van der Waals surface area (Å²) in [5, 5.41) is 8.10. The van der Waals surface area contributed by atoms with Gasteiger partial charge >= 0.3 is 0 Å². The van der Waals surface area contributed by atoms with Crippen LogP contribution in [0.1, 0.15) is 11.4 Å². The average Bonchev–Trinajstić information content (AvgIpc) is 2.75. The Bertz CT molecular complexity index is 572. The molecule has 2 aromatic rings. The molecule has 5 heteroatoms. The van der Waals surface area contributed by atoms with E-state index in [2.05, 4.69) is 46.4 Å². The maximum absolute atomic E-state index is 4.25. The van der Waals surface area contributed by atoms with Gasteiger partial charge in [0.25, 0.3) is 0 Å². The van der Waals surface area contributed by atoms with E-state index in [0.717, 1.165) is 11.4 Å². The highest BCUT2D eigenvalue weighted by Crippen LogP contribution is 2.00. The fraction of sp³-hybridized carbons (Fsp3) is 0.308. The molecule has 0 fully saturated rings. The quantitative estimate of drug-likeness (QED) is 0.609. The van der Waals surface area contributed by atoms with E-state index in [0.29, 0.717) is 6.54 Å². The molecule has 0 atom stereocenters. The zero-order valence-corrected chi connectivity index (χ0v) is 11.9. The Morgan fingerprint density at radius 1 is 1.28 bits per heavy atom. The summed E-state index contributed by atoms with van der Waals surface area (Å²) in [4.78, 5) is 4.25. The summed E-state index contributed by atoms with van der Waals surface area (Å²) in [5.41, 5.74) is 4.97. The van der Waals surface area contributed by atoms with Gasteiger partial charge in [0.05, 0.1) is 18.4 Å². The van der Waals surface area contributed by atoms with E-state index >= 15 is 0 Å². The smallest absolute Gasteiger partial charge is 0.154 e. The van der Waals surface area contributed by atoms with Crippen molar-refractivity contribution in [3.63, 3.8) is 0 Å². The Hall–Kier alpha value is -1.93. The van der Waals surface area contributed by atoms with Crippen LogP contribution >= 0.6 is 0 Å². The van der Waals surface area contributed by atoms with Crippen LogP contribution in [0.4, 0.5) is 0 Å². The van der Waals surface area contributed by atoms with Crippen molar-refractivity contribution in [1.82, 2.24) is 20.0 Å². The molecule has 0 aliphatic heterocycles. The first kappa shape index (κ1) is 12.5. The van der Waals surface area contributed by atoms with Gasteiger partial charge in [-0.05, 0) is 12.1 Å². The van der Waals surface area contributed by atoms with Crippen molar-refractivity contribution >= 4 is 8.07 Å². The van der Waals surface area contributed by atoms with Crippen LogP contribution in [-0.2, 0) is 6.54 Å². The van der Waals surface area contributed by atoms with Gasteiger partial charge in [0.1, 0.15) is 8.07 Å². The van der Waals surface area contributed by atoms with Crippen molar-refractivity contribution in [2.24, 2.45) is 0 Å². The molecular weight excluding hydrogens is 240 g/mol. The van der Waals surface area contributed by atoms with Crippen LogP contribution in [0, 0.1) is 11.5 Å². The van der Waals surface area contributed by atoms with Crippen molar-refractivity contribution in [2.75, 3.05) is 0 Å². The number of rotatable bonds is 2. The predicted octanol–water partition coefficient (Wildman–Crippen LogP) is 1.95. The number of hydrogen-bond acceptors (Lipinski definition) is 3. The summed E-state index contributed by atoms with van der Waals surface area (Å²) in [6.07, 6.45) is 3.64. The van der Waals surface area contributed by atoms with Crippen molar-refractivity contribution in [2.45, 2.75) is 26.2 Å². The Labute approximate surface area is 108 Å². The van der Waals surface area contributed by atoms with E-state index in [1.807, 2.05) is 24.4 Å². The molecule has 2 rings (SSSR count). The molecule has 0 radical (unpaired) electrons. The van der Waals surface area contributed by atoms with E-state index < -0.39 is 8.07 Å². The second-order valence-corrected chi connectivity index (χ2v) is 9.87. The van der Waals surface area contributed by atoms with Crippen molar-refractivity contribution in [3.05, 3.63) is 42.0 Å². The molecule has 0 saturated heterocycles. The largest absolute Gasteiger partial charge is 0.259 e. The second kappa shape index (κ2) is 5.15. The molecule has 92 valence electrons. The highest BCUT2D eigenvalue weighted by atomic mass is 28.3. The van der Waals surface area contributed by atoms with E-state index in [4.69, 9.17) is 0 Å². The minimum Gasteiger partial charge on any atom is -0.259 e. The fourth-order valence-electron chi connectivity index (χ4n) is 1.34. The Kier molecular flexibility index (Phi) is 3.58. The van der Waals surface area contributed by atoms with Gasteiger partial charge in [-0.1, -0.05) is 36.8 Å². The molecule has 0 aliphatic carbocycles. The van der Waals surface area contributed by atoms with Crippen LogP contribution in [0.25, 0.3) is 0 Å². The van der Waals surface area contributed by atoms with Gasteiger partial charge < -0.3 is 0 Å². The second-order valence-electron chi connectivity index (χ2n) is 5.12. The number of pyridine rings is 1. The van der Waals surface area contributed by atoms with Gasteiger partial charge in [-0.15, -0.1) is 10.6 Å². The molecule has 0 N–H and O–H groups in total. The number of hydrogen-bond donors (Lipinski definition) is 0. The molecule has 0 aliphatic rings. The Morgan fingerprint density at radius 3 is 2.78 bits per heavy atom. The molecule has 2 aromatic heterocycles. The SMILES string of the molecule is C[Si](C)(C)C#Cc1cn(Cc2ccccn2)nn1. The van der Waals surface area contributed by atoms with Crippen molar-refractivity contribution < 1.29 is 0 Å². The first-order valence-electron chi connectivity index (χ1n) is 5.86. The summed E-state index contributed by atoms with van der Waals surface area (Å²) in [5.74, 6) is 3.09. The minimum atomic E-state index is -1.36. The van der Waals surface area contributed by atoms with Crippen LogP contribution < -0.4 is 0 Å². The van der Waals surface area contributed by atoms with Crippen LogP contribution in [-0.4, -0.2) is 28.1 Å². The topological polar surface area (TPSA) is 43.6 Å². The molecule has 2 heterocycles. The van der Waals surface area contributed by atoms with Gasteiger partial charge in [0.2, 0.25) is 0 Å². The zero-order chi connectivity index (χ0) is 13.0. The number of nitrogens with zero attached hydrogens (tertiary/aromatic N) is 4. The summed E-state index contributed by atoms with van der Waals surface area (Å²) in [6, 6.07) is 5.83. The molecule has 18 heavy (non-hydrogen) atoms. The standard InChI is InChI=1S/C13H16N4Si/c1-18(2,3)9-7-13-11-17(16-15-13)10-12-6-4-5-8-14-12/h4-6,8,11H,10H2,1-3H3. The average molecular weight is 256 g/mol. The number of aromatic nitrogens is 4. The molecule has 0 unspecified atom stereocenters. The van der Waals surface area contributed by atoms with Gasteiger partial charge in [0, 0.05) is 6.20 Å². The first-order valence-corrected chi connectivity index (χ1v) is 9.36. The zero-order valence-electron chi connectivity index (χ0n) is 10.9. The summed E-state index contributed by atoms with van der Waals surface area (Å²) in [6.45, 7) is 7.25. The van der Waals surface area contributed by atoms with Crippen LogP contribution in [0.3, 0.4) is 0 Å². The van der Waals surface area contributed by atoms with Gasteiger partial charge in [0.15, 0.2) is 5.69 Å². The van der Waals surface area contributed by atoms with Gasteiger partial charge in [-0.3, -0.25) is 4.98 Å². The molecule has 4 nitrogen and oxygen atoms in total. The third kappa shape index (κ3) is 3.82. The summed E-state index contributed by atoms with van der Waals surface area (Å²) in [7, 11) is -1.36. The normalized spacial score (nSPS) is 10.8. The van der Waals surface area contributed by atoms with Crippen molar-refractivity contribution in [3.8, 4) is 11.5 Å². The van der Waals surface area contributed by atoms with E-state index in [1.54, 1.807) is 10.9 Å². The maximum Gasteiger partial charge on any atom is 0.154 e. The van der Waals surface area contributed by atoms with Crippen molar-refractivity contribution in [1.29, 1.82) is 0 Å². The molecule has 0 bridgehead atoms. The lowest BCUT2D eigenvalue weighted by Gasteiger charge is -2.02. The molecule has 0 saturated carbocycles. The highest BCUT2D eigenvalue weighted by molar-refractivity contribution is 6.83. The third-order valence-electron chi connectivity index (χ3n) is 2.15. The predicted molar refractivity (Wildman–Crippen MR) is 73.6 cm³/mol. The maximum atomic E-state index is 4.25. The molecule has 0 spiro atoms. The highest BCUT2D eigenvalue weighted by Gasteiger charge is 2.08. The monoisotopic (exact) mass is 256 g/mol. The van der Waals surface area contributed by atoms with E-state index in [1.165, 1.54) is 0 Å². The Morgan fingerprint density at radius 2 is 2.11 bits per heavy atom. The Balaban J connectivity index is 2.09. The molecule has 0 amide bonds. The third-order valence-corrected chi connectivity index (χ3v) is 3.03. The van der Waals surface area contributed by atoms with E-state index in [9.17, 15) is 0 Å². The first-order chi connectivity index (χ1) is 8.53. The van der Waals surface area contributed by atoms with Gasteiger partial charge in [-0.2, -0.15) is 0 Å². The lowest BCUT2D eigenvalue weighted by molar-refractivity contribution is 0.638. The molecule has 0 aromatic carbocycles.